The van der Waals surface area contributed by atoms with Crippen LogP contribution >= 0.6 is 0 Å². The number of alkyl halides is 1. The summed E-state index contributed by atoms with van der Waals surface area (Å²) in [5, 5.41) is 0. The molecule has 0 atom stereocenters. The molecule has 0 aromatic heterocycles. The molecule has 0 nitrogen and oxygen atoms in total. The maximum Gasteiger partial charge on any atom is 0.162 e. The van der Waals surface area contributed by atoms with Crippen molar-refractivity contribution in [2.45, 2.75) is 51.4 Å². The van der Waals surface area contributed by atoms with E-state index in [0.29, 0.717) is 30.4 Å². The summed E-state index contributed by atoms with van der Waals surface area (Å²) >= 11 is 0. The molecule has 0 saturated heterocycles. The van der Waals surface area contributed by atoms with Crippen molar-refractivity contribution in [1.82, 2.24) is 0 Å². The summed E-state index contributed by atoms with van der Waals surface area (Å²) < 4.78 is 53.4. The molecule has 0 bridgehead atoms. The largest absolute Gasteiger partial charge is 0.251 e. The molecule has 1 aliphatic rings. The van der Waals surface area contributed by atoms with Crippen LogP contribution in [0.15, 0.2) is 24.0 Å². The van der Waals surface area contributed by atoms with Gasteiger partial charge in [0.05, 0.1) is 12.5 Å². The predicted octanol–water partition coefficient (Wildman–Crippen LogP) is 6.01. The SMILES string of the molecule is CCc1ccc(C2CCC(C=C(F)CCF)CC2)c(F)c1F. The standard InChI is InChI=1S/C18H22F4/c1-2-13-7-8-16(18(22)17(13)21)14-5-3-12(4-6-14)11-15(20)9-10-19/h7-8,11-12,14H,2-6,9-10H2,1H3. The normalized spacial score (nSPS) is 22.9. The quantitative estimate of drug-likeness (QED) is 0.583. The first kappa shape index (κ1) is 17.0. The van der Waals surface area contributed by atoms with Gasteiger partial charge in [-0.25, -0.2) is 13.2 Å². The number of rotatable bonds is 5. The van der Waals surface area contributed by atoms with Crippen molar-refractivity contribution in [2.24, 2.45) is 5.92 Å². The Bertz CT molecular complexity index is 528. The summed E-state index contributed by atoms with van der Waals surface area (Å²) in [6.07, 6.45) is 4.64. The summed E-state index contributed by atoms with van der Waals surface area (Å²) in [5.41, 5.74) is 0.826. The van der Waals surface area contributed by atoms with Crippen molar-refractivity contribution < 1.29 is 17.6 Å². The van der Waals surface area contributed by atoms with Crippen LogP contribution in [-0.4, -0.2) is 6.67 Å². The number of hydrogen-bond acceptors (Lipinski definition) is 0. The van der Waals surface area contributed by atoms with Crippen LogP contribution in [-0.2, 0) is 6.42 Å². The summed E-state index contributed by atoms with van der Waals surface area (Å²) in [6.45, 7) is 1.10. The Kier molecular flexibility index (Phi) is 6.04. The highest BCUT2D eigenvalue weighted by Gasteiger charge is 2.25. The smallest absolute Gasteiger partial charge is 0.162 e. The highest BCUT2D eigenvalue weighted by molar-refractivity contribution is 5.29. The predicted molar refractivity (Wildman–Crippen MR) is 80.2 cm³/mol. The van der Waals surface area contributed by atoms with E-state index >= 15 is 0 Å². The van der Waals surface area contributed by atoms with Crippen molar-refractivity contribution in [2.75, 3.05) is 6.67 Å². The fourth-order valence-electron chi connectivity index (χ4n) is 3.22. The summed E-state index contributed by atoms with van der Waals surface area (Å²) in [7, 11) is 0. The van der Waals surface area contributed by atoms with E-state index in [4.69, 9.17) is 0 Å². The highest BCUT2D eigenvalue weighted by Crippen LogP contribution is 2.38. The van der Waals surface area contributed by atoms with E-state index in [2.05, 4.69) is 0 Å². The van der Waals surface area contributed by atoms with Gasteiger partial charge in [0.15, 0.2) is 11.6 Å². The lowest BCUT2D eigenvalue weighted by atomic mass is 9.78. The molecule has 0 radical (unpaired) electrons. The van der Waals surface area contributed by atoms with Crippen LogP contribution in [0.25, 0.3) is 0 Å². The Hall–Kier alpha value is -1.32. The second kappa shape index (κ2) is 7.80. The minimum absolute atomic E-state index is 0.0192. The molecule has 0 aliphatic heterocycles. The van der Waals surface area contributed by atoms with E-state index in [1.807, 2.05) is 0 Å². The first-order chi connectivity index (χ1) is 10.6. The zero-order valence-corrected chi connectivity index (χ0v) is 12.8. The third kappa shape index (κ3) is 3.90. The second-order valence-corrected chi connectivity index (χ2v) is 5.96. The number of benzene rings is 1. The molecule has 1 saturated carbocycles. The first-order valence-electron chi connectivity index (χ1n) is 7.95. The monoisotopic (exact) mass is 314 g/mol. The van der Waals surface area contributed by atoms with Crippen molar-refractivity contribution >= 4 is 0 Å². The van der Waals surface area contributed by atoms with Crippen molar-refractivity contribution in [3.05, 3.63) is 46.8 Å². The topological polar surface area (TPSA) is 0 Å². The van der Waals surface area contributed by atoms with Crippen LogP contribution in [0, 0.1) is 17.6 Å². The van der Waals surface area contributed by atoms with Gasteiger partial charge in [-0.05, 0) is 61.1 Å². The Balaban J connectivity index is 2.03. The maximum absolute atomic E-state index is 14.2. The number of aryl methyl sites for hydroxylation is 1. The van der Waals surface area contributed by atoms with E-state index in [9.17, 15) is 17.6 Å². The lowest BCUT2D eigenvalue weighted by molar-refractivity contribution is 0.356. The van der Waals surface area contributed by atoms with E-state index in [1.165, 1.54) is 6.08 Å². The van der Waals surface area contributed by atoms with Gasteiger partial charge in [0, 0.05) is 6.42 Å². The molecule has 0 amide bonds. The molecule has 0 N–H and O–H groups in total. The van der Waals surface area contributed by atoms with Gasteiger partial charge in [-0.1, -0.05) is 19.1 Å². The highest BCUT2D eigenvalue weighted by atomic mass is 19.2. The third-order valence-electron chi connectivity index (χ3n) is 4.53. The molecular weight excluding hydrogens is 292 g/mol. The van der Waals surface area contributed by atoms with Crippen LogP contribution in [0.2, 0.25) is 0 Å². The van der Waals surface area contributed by atoms with Crippen LogP contribution in [0.4, 0.5) is 17.6 Å². The molecule has 122 valence electrons. The molecule has 1 aromatic carbocycles. The van der Waals surface area contributed by atoms with Gasteiger partial charge in [0.2, 0.25) is 0 Å². The zero-order valence-electron chi connectivity index (χ0n) is 12.8. The molecule has 2 rings (SSSR count). The third-order valence-corrected chi connectivity index (χ3v) is 4.53. The second-order valence-electron chi connectivity index (χ2n) is 5.96. The van der Waals surface area contributed by atoms with Crippen molar-refractivity contribution in [3.8, 4) is 0 Å². The Morgan fingerprint density at radius 1 is 1.14 bits per heavy atom. The Labute approximate surface area is 129 Å². The van der Waals surface area contributed by atoms with Crippen molar-refractivity contribution in [1.29, 1.82) is 0 Å². The molecule has 0 heterocycles. The lowest BCUT2D eigenvalue weighted by Gasteiger charge is -2.27. The summed E-state index contributed by atoms with van der Waals surface area (Å²) in [5.74, 6) is -1.83. The van der Waals surface area contributed by atoms with Gasteiger partial charge in [-0.2, -0.15) is 0 Å². The fourth-order valence-corrected chi connectivity index (χ4v) is 3.22. The average Bonchev–Trinajstić information content (AvgIpc) is 2.51. The van der Waals surface area contributed by atoms with Crippen molar-refractivity contribution in [3.63, 3.8) is 0 Å². The zero-order chi connectivity index (χ0) is 16.1. The van der Waals surface area contributed by atoms with Gasteiger partial charge in [-0.15, -0.1) is 0 Å². The number of allylic oxidation sites excluding steroid dienone is 2. The van der Waals surface area contributed by atoms with E-state index in [-0.39, 0.29) is 18.3 Å². The molecular formula is C18H22F4. The molecule has 22 heavy (non-hydrogen) atoms. The number of halogens is 4. The maximum atomic E-state index is 14.2. The number of hydrogen-bond donors (Lipinski definition) is 0. The van der Waals surface area contributed by atoms with Gasteiger partial charge in [0.25, 0.3) is 0 Å². The molecule has 0 unspecified atom stereocenters. The first-order valence-corrected chi connectivity index (χ1v) is 7.95. The molecule has 1 aromatic rings. The molecule has 1 fully saturated rings. The van der Waals surface area contributed by atoms with Gasteiger partial charge in [-0.3, -0.25) is 4.39 Å². The van der Waals surface area contributed by atoms with Gasteiger partial charge < -0.3 is 0 Å². The molecule has 1 aliphatic carbocycles. The minimum Gasteiger partial charge on any atom is -0.251 e. The van der Waals surface area contributed by atoms with Gasteiger partial charge >= 0.3 is 0 Å². The summed E-state index contributed by atoms with van der Waals surface area (Å²) in [6, 6.07) is 3.34. The Morgan fingerprint density at radius 3 is 2.41 bits per heavy atom. The van der Waals surface area contributed by atoms with Gasteiger partial charge in [0.1, 0.15) is 0 Å². The lowest BCUT2D eigenvalue weighted by Crippen LogP contribution is -2.14. The average molecular weight is 314 g/mol. The Morgan fingerprint density at radius 2 is 1.82 bits per heavy atom. The van der Waals surface area contributed by atoms with E-state index in [1.54, 1.807) is 19.1 Å². The molecule has 4 heteroatoms. The van der Waals surface area contributed by atoms with Crippen LogP contribution < -0.4 is 0 Å². The van der Waals surface area contributed by atoms with Crippen LogP contribution in [0.1, 0.15) is 56.1 Å². The van der Waals surface area contributed by atoms with E-state index < -0.39 is 24.1 Å². The fraction of sp³-hybridized carbons (Fsp3) is 0.556. The van der Waals surface area contributed by atoms with E-state index in [0.717, 1.165) is 12.8 Å². The van der Waals surface area contributed by atoms with Crippen LogP contribution in [0.5, 0.6) is 0 Å². The minimum atomic E-state index is -0.740. The molecule has 0 spiro atoms. The van der Waals surface area contributed by atoms with Crippen LogP contribution in [0.3, 0.4) is 0 Å². The summed E-state index contributed by atoms with van der Waals surface area (Å²) in [4.78, 5) is 0.